The van der Waals surface area contributed by atoms with Crippen LogP contribution in [0, 0.1) is 6.92 Å². The van der Waals surface area contributed by atoms with Crippen molar-refractivity contribution >= 4 is 35.0 Å². The lowest BCUT2D eigenvalue weighted by atomic mass is 10.2. The van der Waals surface area contributed by atoms with E-state index in [1.807, 2.05) is 37.3 Å². The van der Waals surface area contributed by atoms with Crippen LogP contribution in [0.2, 0.25) is 0 Å². The summed E-state index contributed by atoms with van der Waals surface area (Å²) in [5, 5.41) is 8.31. The number of ether oxygens (including phenoxy) is 1. The van der Waals surface area contributed by atoms with Crippen LogP contribution in [-0.4, -0.2) is 45.3 Å². The van der Waals surface area contributed by atoms with Gasteiger partial charge in [-0.15, -0.1) is 0 Å². The molecule has 0 spiro atoms. The van der Waals surface area contributed by atoms with Gasteiger partial charge in [0.2, 0.25) is 5.89 Å². The predicted octanol–water partition coefficient (Wildman–Crippen LogP) is 4.78. The van der Waals surface area contributed by atoms with E-state index in [4.69, 9.17) is 14.3 Å². The summed E-state index contributed by atoms with van der Waals surface area (Å²) in [7, 11) is 0. The number of hydrogen-bond acceptors (Lipinski definition) is 7. The minimum Gasteiger partial charge on any atom is -0.493 e. The Hall–Kier alpha value is -3.85. The van der Waals surface area contributed by atoms with Crippen molar-refractivity contribution in [3.8, 4) is 17.2 Å². The molecular formula is C25H22N2O6S. The van der Waals surface area contributed by atoms with Gasteiger partial charge in [-0.3, -0.25) is 19.3 Å². The summed E-state index contributed by atoms with van der Waals surface area (Å²) in [6.07, 6.45) is 1.92. The molecule has 8 nitrogen and oxygen atoms in total. The smallest absolute Gasteiger partial charge is 0.305 e. The van der Waals surface area contributed by atoms with Crippen LogP contribution in [0.15, 0.2) is 63.9 Å². The van der Waals surface area contributed by atoms with E-state index in [0.717, 1.165) is 39.2 Å². The lowest BCUT2D eigenvalue weighted by molar-refractivity contribution is -0.137. The van der Waals surface area contributed by atoms with Crippen LogP contribution < -0.4 is 4.74 Å². The van der Waals surface area contributed by atoms with Crippen LogP contribution in [-0.2, 0) is 16.0 Å². The van der Waals surface area contributed by atoms with Gasteiger partial charge in [-0.25, -0.2) is 4.98 Å². The Morgan fingerprint density at radius 3 is 2.59 bits per heavy atom. The molecule has 0 bridgehead atoms. The van der Waals surface area contributed by atoms with Gasteiger partial charge < -0.3 is 14.3 Å². The van der Waals surface area contributed by atoms with Crippen LogP contribution in [0.25, 0.3) is 17.5 Å². The number of thioether (sulfide) groups is 1. The Labute approximate surface area is 200 Å². The average molecular weight is 479 g/mol. The lowest BCUT2D eigenvalue weighted by Crippen LogP contribution is -2.30. The number of rotatable bonds is 9. The maximum atomic E-state index is 12.4. The number of carbonyl (C=O) groups excluding carboxylic acids is 2. The largest absolute Gasteiger partial charge is 0.493 e. The van der Waals surface area contributed by atoms with Crippen molar-refractivity contribution in [3.63, 3.8) is 0 Å². The van der Waals surface area contributed by atoms with Gasteiger partial charge in [0, 0.05) is 18.5 Å². The molecule has 0 saturated carbocycles. The number of imide groups is 1. The number of benzene rings is 2. The normalized spacial score (nSPS) is 14.7. The van der Waals surface area contributed by atoms with Gasteiger partial charge in [0.25, 0.3) is 11.1 Å². The highest BCUT2D eigenvalue weighted by atomic mass is 32.2. The van der Waals surface area contributed by atoms with Crippen molar-refractivity contribution in [2.24, 2.45) is 0 Å². The molecule has 0 radical (unpaired) electrons. The Morgan fingerprint density at radius 2 is 1.88 bits per heavy atom. The van der Waals surface area contributed by atoms with E-state index in [-0.39, 0.29) is 17.9 Å². The second kappa shape index (κ2) is 10.4. The number of aryl methyl sites for hydroxylation is 1. The number of carboxylic acid groups (broad SMARTS) is 1. The summed E-state index contributed by atoms with van der Waals surface area (Å²) in [4.78, 5) is 40.9. The molecule has 1 aliphatic rings. The third-order valence-electron chi connectivity index (χ3n) is 5.12. The number of carbonyl (C=O) groups is 3. The molecule has 2 aromatic carbocycles. The average Bonchev–Trinajstić information content (AvgIpc) is 3.32. The zero-order valence-corrected chi connectivity index (χ0v) is 19.2. The molecule has 2 heterocycles. The summed E-state index contributed by atoms with van der Waals surface area (Å²) >= 11 is 0.804. The highest BCUT2D eigenvalue weighted by Gasteiger charge is 2.34. The number of nitrogens with zero attached hydrogens (tertiary/aromatic N) is 2. The Kier molecular flexibility index (Phi) is 7.12. The van der Waals surface area contributed by atoms with Gasteiger partial charge in [-0.05, 0) is 54.6 Å². The molecule has 2 amide bonds. The first-order chi connectivity index (χ1) is 16.4. The molecule has 34 heavy (non-hydrogen) atoms. The fourth-order valence-corrected chi connectivity index (χ4v) is 4.21. The number of carboxylic acids is 1. The van der Waals surface area contributed by atoms with E-state index in [2.05, 4.69) is 4.98 Å². The van der Waals surface area contributed by atoms with Crippen LogP contribution in [0.1, 0.15) is 23.4 Å². The number of aliphatic carboxylic acids is 1. The molecule has 4 rings (SSSR count). The first-order valence-electron chi connectivity index (χ1n) is 10.6. The molecule has 1 saturated heterocycles. The van der Waals surface area contributed by atoms with Crippen molar-refractivity contribution in [2.45, 2.75) is 19.8 Å². The van der Waals surface area contributed by atoms with E-state index < -0.39 is 17.1 Å². The van der Waals surface area contributed by atoms with E-state index in [0.29, 0.717) is 24.7 Å². The maximum Gasteiger partial charge on any atom is 0.305 e. The zero-order valence-electron chi connectivity index (χ0n) is 18.4. The van der Waals surface area contributed by atoms with Crippen molar-refractivity contribution in [1.29, 1.82) is 0 Å². The van der Waals surface area contributed by atoms with E-state index in [1.165, 1.54) is 0 Å². The molecule has 0 atom stereocenters. The van der Waals surface area contributed by atoms with Gasteiger partial charge >= 0.3 is 5.97 Å². The summed E-state index contributed by atoms with van der Waals surface area (Å²) in [6.45, 7) is 2.16. The van der Waals surface area contributed by atoms with E-state index in [1.54, 1.807) is 30.3 Å². The van der Waals surface area contributed by atoms with Crippen molar-refractivity contribution in [2.75, 3.05) is 13.2 Å². The molecular weight excluding hydrogens is 456 g/mol. The Bertz CT molecular complexity index is 1230. The fourth-order valence-electron chi connectivity index (χ4n) is 3.34. The zero-order chi connectivity index (χ0) is 24.1. The van der Waals surface area contributed by atoms with Gasteiger partial charge in [0.1, 0.15) is 11.5 Å². The summed E-state index contributed by atoms with van der Waals surface area (Å²) < 4.78 is 11.6. The molecule has 1 aliphatic heterocycles. The third-order valence-corrected chi connectivity index (χ3v) is 6.03. The monoisotopic (exact) mass is 478 g/mol. The van der Waals surface area contributed by atoms with Gasteiger partial charge in [-0.1, -0.05) is 30.3 Å². The number of hydrogen-bond donors (Lipinski definition) is 1. The summed E-state index contributed by atoms with van der Waals surface area (Å²) in [6, 6.07) is 16.9. The minimum absolute atomic E-state index is 0.137. The highest BCUT2D eigenvalue weighted by molar-refractivity contribution is 8.18. The lowest BCUT2D eigenvalue weighted by Gasteiger charge is -2.09. The highest BCUT2D eigenvalue weighted by Crippen LogP contribution is 2.32. The summed E-state index contributed by atoms with van der Waals surface area (Å²) in [5.74, 6) is 0.472. The fraction of sp³-hybridized carbons (Fsp3) is 0.200. The van der Waals surface area contributed by atoms with Crippen LogP contribution >= 0.6 is 11.8 Å². The SMILES string of the molecule is Cc1oc(-c2ccccc2)nc1CCOc1ccc(/C=C2\SC(=O)N(CCC(=O)O)C2=O)cc1. The molecule has 0 aliphatic carbocycles. The maximum absolute atomic E-state index is 12.4. The number of oxazole rings is 1. The Morgan fingerprint density at radius 1 is 1.15 bits per heavy atom. The van der Waals surface area contributed by atoms with Crippen LogP contribution in [0.4, 0.5) is 4.79 Å². The number of aromatic nitrogens is 1. The van der Waals surface area contributed by atoms with E-state index >= 15 is 0 Å². The second-order valence-corrected chi connectivity index (χ2v) is 8.53. The van der Waals surface area contributed by atoms with E-state index in [9.17, 15) is 14.4 Å². The minimum atomic E-state index is -1.06. The topological polar surface area (TPSA) is 110 Å². The molecule has 1 fully saturated rings. The van der Waals surface area contributed by atoms with Crippen LogP contribution in [0.5, 0.6) is 5.75 Å². The second-order valence-electron chi connectivity index (χ2n) is 7.53. The van der Waals surface area contributed by atoms with Gasteiger partial charge in [0.15, 0.2) is 0 Å². The van der Waals surface area contributed by atoms with Crippen molar-refractivity contribution in [1.82, 2.24) is 9.88 Å². The van der Waals surface area contributed by atoms with Gasteiger partial charge in [-0.2, -0.15) is 0 Å². The first-order valence-corrected chi connectivity index (χ1v) is 11.4. The van der Waals surface area contributed by atoms with Crippen molar-refractivity contribution < 1.29 is 28.6 Å². The molecule has 1 aromatic heterocycles. The number of amides is 2. The quantitative estimate of drug-likeness (QED) is 0.438. The Balaban J connectivity index is 1.32. The van der Waals surface area contributed by atoms with Crippen molar-refractivity contribution in [3.05, 3.63) is 76.5 Å². The molecule has 0 unspecified atom stereocenters. The third kappa shape index (κ3) is 5.55. The predicted molar refractivity (Wildman–Crippen MR) is 127 cm³/mol. The molecule has 9 heteroatoms. The standard InChI is InChI=1S/C25H22N2O6S/c1-16-20(26-23(33-16)18-5-3-2-4-6-18)12-14-32-19-9-7-17(8-10-19)15-21-24(30)27(25(31)34-21)13-11-22(28)29/h2-10,15H,11-14H2,1H3,(H,28,29)/b21-15-. The summed E-state index contributed by atoms with van der Waals surface area (Å²) in [5.41, 5.74) is 2.50. The van der Waals surface area contributed by atoms with Crippen LogP contribution in [0.3, 0.4) is 0 Å². The molecule has 1 N–H and O–H groups in total. The molecule has 174 valence electrons. The van der Waals surface area contributed by atoms with Gasteiger partial charge in [0.05, 0.1) is 23.6 Å². The molecule has 3 aromatic rings. The first kappa shape index (κ1) is 23.3.